The van der Waals surface area contributed by atoms with E-state index in [-0.39, 0.29) is 11.6 Å². The van der Waals surface area contributed by atoms with E-state index < -0.39 is 0 Å². The standard InChI is InChI=1S/C13H22N6/c1-13(2,3)19-11(16)10(8-14)12(17-19)18-6-4-9(15)5-7-18/h9H,4-7,15-16H2,1-3H3. The number of nitrogens with two attached hydrogens (primary N) is 2. The molecular weight excluding hydrogens is 240 g/mol. The van der Waals surface area contributed by atoms with Crippen molar-refractivity contribution >= 4 is 11.6 Å². The van der Waals surface area contributed by atoms with Crippen LogP contribution < -0.4 is 16.4 Å². The highest BCUT2D eigenvalue weighted by atomic mass is 15.4. The van der Waals surface area contributed by atoms with Crippen LogP contribution in [-0.4, -0.2) is 28.9 Å². The first-order valence-electron chi connectivity index (χ1n) is 6.64. The van der Waals surface area contributed by atoms with Gasteiger partial charge in [-0.3, -0.25) is 0 Å². The fourth-order valence-electron chi connectivity index (χ4n) is 2.37. The SMILES string of the molecule is CC(C)(C)n1nc(N2CCC(N)CC2)c(C#N)c1N. The van der Waals surface area contributed by atoms with E-state index in [0.29, 0.717) is 17.2 Å². The van der Waals surface area contributed by atoms with Crippen LogP contribution in [-0.2, 0) is 5.54 Å². The minimum atomic E-state index is -0.236. The molecule has 2 rings (SSSR count). The molecule has 0 saturated carbocycles. The zero-order valence-corrected chi connectivity index (χ0v) is 11.8. The molecule has 4 N–H and O–H groups in total. The molecule has 0 unspecified atom stereocenters. The molecular formula is C13H22N6. The first-order valence-corrected chi connectivity index (χ1v) is 6.64. The van der Waals surface area contributed by atoms with E-state index in [1.54, 1.807) is 4.68 Å². The van der Waals surface area contributed by atoms with Crippen molar-refractivity contribution < 1.29 is 0 Å². The van der Waals surface area contributed by atoms with Gasteiger partial charge in [0.25, 0.3) is 0 Å². The van der Waals surface area contributed by atoms with E-state index in [1.165, 1.54) is 0 Å². The van der Waals surface area contributed by atoms with Crippen molar-refractivity contribution in [2.24, 2.45) is 5.73 Å². The second-order valence-electron chi connectivity index (χ2n) is 6.10. The number of aromatic nitrogens is 2. The average molecular weight is 262 g/mol. The molecule has 1 saturated heterocycles. The number of piperidine rings is 1. The zero-order valence-electron chi connectivity index (χ0n) is 11.8. The summed E-state index contributed by atoms with van der Waals surface area (Å²) in [6.07, 6.45) is 1.85. The van der Waals surface area contributed by atoms with Crippen LogP contribution in [0.5, 0.6) is 0 Å². The van der Waals surface area contributed by atoms with Crippen LogP contribution in [0.1, 0.15) is 39.2 Å². The number of anilines is 2. The summed E-state index contributed by atoms with van der Waals surface area (Å²) >= 11 is 0. The third-order valence-corrected chi connectivity index (χ3v) is 3.49. The van der Waals surface area contributed by atoms with Crippen LogP contribution in [0.3, 0.4) is 0 Å². The summed E-state index contributed by atoms with van der Waals surface area (Å²) in [5, 5.41) is 13.9. The maximum absolute atomic E-state index is 9.33. The van der Waals surface area contributed by atoms with Gasteiger partial charge < -0.3 is 16.4 Å². The smallest absolute Gasteiger partial charge is 0.170 e. The molecule has 1 aromatic heterocycles. The molecule has 0 aromatic carbocycles. The fourth-order valence-corrected chi connectivity index (χ4v) is 2.37. The number of hydrogen-bond acceptors (Lipinski definition) is 5. The third kappa shape index (κ3) is 2.51. The highest BCUT2D eigenvalue weighted by molar-refractivity contribution is 5.65. The fraction of sp³-hybridized carbons (Fsp3) is 0.692. The first-order chi connectivity index (χ1) is 8.84. The maximum atomic E-state index is 9.33. The predicted octanol–water partition coefficient (Wildman–Crippen LogP) is 1.02. The highest BCUT2D eigenvalue weighted by Crippen LogP contribution is 2.30. The van der Waals surface area contributed by atoms with Crippen molar-refractivity contribution in [3.05, 3.63) is 5.56 Å². The summed E-state index contributed by atoms with van der Waals surface area (Å²) < 4.78 is 1.73. The Morgan fingerprint density at radius 1 is 1.32 bits per heavy atom. The van der Waals surface area contributed by atoms with Gasteiger partial charge in [0.2, 0.25) is 0 Å². The van der Waals surface area contributed by atoms with Crippen molar-refractivity contribution in [1.29, 1.82) is 5.26 Å². The molecule has 0 atom stereocenters. The largest absolute Gasteiger partial charge is 0.383 e. The van der Waals surface area contributed by atoms with Crippen LogP contribution in [0.15, 0.2) is 0 Å². The lowest BCUT2D eigenvalue weighted by molar-refractivity contribution is 0.360. The van der Waals surface area contributed by atoms with Gasteiger partial charge in [-0.2, -0.15) is 10.4 Å². The monoisotopic (exact) mass is 262 g/mol. The van der Waals surface area contributed by atoms with Crippen LogP contribution in [0, 0.1) is 11.3 Å². The Hall–Kier alpha value is -1.74. The molecule has 0 radical (unpaired) electrons. The molecule has 1 aliphatic heterocycles. The molecule has 6 heteroatoms. The van der Waals surface area contributed by atoms with Crippen molar-refractivity contribution in [3.8, 4) is 6.07 Å². The lowest BCUT2D eigenvalue weighted by Gasteiger charge is -2.30. The summed E-state index contributed by atoms with van der Waals surface area (Å²) in [6, 6.07) is 2.44. The van der Waals surface area contributed by atoms with Crippen molar-refractivity contribution in [3.63, 3.8) is 0 Å². The molecule has 2 heterocycles. The van der Waals surface area contributed by atoms with Crippen LogP contribution >= 0.6 is 0 Å². The minimum Gasteiger partial charge on any atom is -0.383 e. The molecule has 0 spiro atoms. The summed E-state index contributed by atoms with van der Waals surface area (Å²) in [5.41, 5.74) is 12.2. The summed E-state index contributed by atoms with van der Waals surface area (Å²) in [5.74, 6) is 1.14. The molecule has 0 bridgehead atoms. The van der Waals surface area contributed by atoms with E-state index in [4.69, 9.17) is 11.5 Å². The Morgan fingerprint density at radius 3 is 2.37 bits per heavy atom. The molecule has 0 aliphatic carbocycles. The van der Waals surface area contributed by atoms with Gasteiger partial charge in [-0.05, 0) is 33.6 Å². The number of rotatable bonds is 1. The predicted molar refractivity (Wildman–Crippen MR) is 75.8 cm³/mol. The molecule has 1 aromatic rings. The Bertz CT molecular complexity index is 496. The average Bonchev–Trinajstić information content (AvgIpc) is 2.67. The maximum Gasteiger partial charge on any atom is 0.170 e. The molecule has 19 heavy (non-hydrogen) atoms. The van der Waals surface area contributed by atoms with Crippen LogP contribution in [0.25, 0.3) is 0 Å². The van der Waals surface area contributed by atoms with Gasteiger partial charge in [-0.15, -0.1) is 0 Å². The van der Waals surface area contributed by atoms with Gasteiger partial charge in [0.1, 0.15) is 17.5 Å². The summed E-state index contributed by atoms with van der Waals surface area (Å²) in [4.78, 5) is 2.11. The number of nitrogen functional groups attached to an aromatic ring is 1. The van der Waals surface area contributed by atoms with Gasteiger partial charge >= 0.3 is 0 Å². The van der Waals surface area contributed by atoms with Crippen LogP contribution in [0.2, 0.25) is 0 Å². The van der Waals surface area contributed by atoms with Crippen molar-refractivity contribution in [1.82, 2.24) is 9.78 Å². The van der Waals surface area contributed by atoms with E-state index in [9.17, 15) is 5.26 Å². The van der Waals surface area contributed by atoms with E-state index >= 15 is 0 Å². The summed E-state index contributed by atoms with van der Waals surface area (Å²) in [6.45, 7) is 7.72. The Balaban J connectivity index is 2.38. The molecule has 1 fully saturated rings. The topological polar surface area (TPSA) is 96.9 Å². The number of nitrogens with zero attached hydrogens (tertiary/aromatic N) is 4. The Morgan fingerprint density at radius 2 is 1.89 bits per heavy atom. The van der Waals surface area contributed by atoms with E-state index in [2.05, 4.69) is 16.1 Å². The normalized spacial score (nSPS) is 17.5. The Kier molecular flexibility index (Phi) is 3.42. The second-order valence-corrected chi connectivity index (χ2v) is 6.10. The summed E-state index contributed by atoms with van der Waals surface area (Å²) in [7, 11) is 0. The minimum absolute atomic E-state index is 0.236. The first kappa shape index (κ1) is 13.7. The lowest BCUT2D eigenvalue weighted by Crippen LogP contribution is -2.40. The van der Waals surface area contributed by atoms with Gasteiger partial charge in [-0.25, -0.2) is 4.68 Å². The zero-order chi connectivity index (χ0) is 14.2. The van der Waals surface area contributed by atoms with Gasteiger partial charge in [-0.1, -0.05) is 0 Å². The highest BCUT2D eigenvalue weighted by Gasteiger charge is 2.27. The lowest BCUT2D eigenvalue weighted by atomic mass is 10.1. The molecule has 0 amide bonds. The number of nitriles is 1. The van der Waals surface area contributed by atoms with Gasteiger partial charge in [0.05, 0.1) is 5.54 Å². The van der Waals surface area contributed by atoms with Crippen LogP contribution in [0.4, 0.5) is 11.6 Å². The van der Waals surface area contributed by atoms with Gasteiger partial charge in [0, 0.05) is 19.1 Å². The second kappa shape index (κ2) is 4.74. The molecule has 104 valence electrons. The Labute approximate surface area is 114 Å². The third-order valence-electron chi connectivity index (χ3n) is 3.49. The number of hydrogen-bond donors (Lipinski definition) is 2. The van der Waals surface area contributed by atoms with E-state index in [1.807, 2.05) is 20.8 Å². The van der Waals surface area contributed by atoms with Crippen molar-refractivity contribution in [2.75, 3.05) is 23.7 Å². The molecule has 6 nitrogen and oxygen atoms in total. The van der Waals surface area contributed by atoms with E-state index in [0.717, 1.165) is 25.9 Å². The van der Waals surface area contributed by atoms with Gasteiger partial charge in [0.15, 0.2) is 5.82 Å². The van der Waals surface area contributed by atoms with Crippen molar-refractivity contribution in [2.45, 2.75) is 45.2 Å². The quantitative estimate of drug-likeness (QED) is 0.787. The molecule has 1 aliphatic rings.